The summed E-state index contributed by atoms with van der Waals surface area (Å²) < 4.78 is 0. The first kappa shape index (κ1) is 16.3. The summed E-state index contributed by atoms with van der Waals surface area (Å²) in [5.41, 5.74) is 2.55. The van der Waals surface area contributed by atoms with Crippen molar-refractivity contribution in [2.75, 3.05) is 4.90 Å². The molecule has 0 bridgehead atoms. The van der Waals surface area contributed by atoms with Gasteiger partial charge in [-0.2, -0.15) is 0 Å². The summed E-state index contributed by atoms with van der Waals surface area (Å²) in [6, 6.07) is 23.0. The van der Waals surface area contributed by atoms with Crippen molar-refractivity contribution in [3.05, 3.63) is 95.7 Å². The zero-order valence-corrected chi connectivity index (χ0v) is 14.6. The fourth-order valence-electron chi connectivity index (χ4n) is 2.58. The molecule has 0 N–H and O–H groups in total. The average Bonchev–Trinajstić information content (AvgIpc) is 2.99. The van der Waals surface area contributed by atoms with Gasteiger partial charge in [-0.15, -0.1) is 0 Å². The van der Waals surface area contributed by atoms with Crippen LogP contribution >= 0.6 is 11.8 Å². The first-order valence-electron chi connectivity index (χ1n) is 8.14. The maximum atomic E-state index is 13.1. The van der Waals surface area contributed by atoms with E-state index in [-0.39, 0.29) is 5.91 Å². The van der Waals surface area contributed by atoms with Crippen LogP contribution in [0.2, 0.25) is 0 Å². The molecule has 1 saturated heterocycles. The number of amidine groups is 1. The number of hydrogen-bond donors (Lipinski definition) is 0. The van der Waals surface area contributed by atoms with Crippen molar-refractivity contribution >= 4 is 40.3 Å². The first-order chi connectivity index (χ1) is 12.8. The predicted octanol–water partition coefficient (Wildman–Crippen LogP) is 4.89. The normalized spacial score (nSPS) is 17.2. The number of thioether (sulfide) groups is 1. The Labute approximate surface area is 155 Å². The highest BCUT2D eigenvalue weighted by atomic mass is 32.2. The maximum absolute atomic E-state index is 13.1. The molecule has 2 heterocycles. The van der Waals surface area contributed by atoms with Crippen molar-refractivity contribution in [1.29, 1.82) is 0 Å². The molecule has 1 aliphatic rings. The number of rotatable bonds is 3. The number of aromatic nitrogens is 1. The summed E-state index contributed by atoms with van der Waals surface area (Å²) in [6.07, 6.45) is 5.30. The van der Waals surface area contributed by atoms with E-state index in [0.29, 0.717) is 10.1 Å². The highest BCUT2D eigenvalue weighted by Crippen LogP contribution is 2.37. The maximum Gasteiger partial charge on any atom is 0.271 e. The van der Waals surface area contributed by atoms with Gasteiger partial charge < -0.3 is 0 Å². The molecular formula is C21H15N3OS. The molecule has 5 heteroatoms. The van der Waals surface area contributed by atoms with Crippen LogP contribution in [0.15, 0.2) is 95.1 Å². The monoisotopic (exact) mass is 357 g/mol. The molecule has 126 valence electrons. The van der Waals surface area contributed by atoms with Crippen LogP contribution in [-0.4, -0.2) is 16.1 Å². The number of para-hydroxylation sites is 2. The minimum Gasteiger partial charge on any atom is -0.268 e. The number of pyridine rings is 1. The Bertz CT molecular complexity index is 970. The second kappa shape index (κ2) is 7.37. The van der Waals surface area contributed by atoms with Gasteiger partial charge in [0.25, 0.3) is 5.91 Å². The van der Waals surface area contributed by atoms with Gasteiger partial charge in [-0.05, 0) is 59.8 Å². The Balaban J connectivity index is 1.77. The number of anilines is 1. The van der Waals surface area contributed by atoms with E-state index in [4.69, 9.17) is 0 Å². The lowest BCUT2D eigenvalue weighted by Crippen LogP contribution is -2.28. The van der Waals surface area contributed by atoms with E-state index in [1.807, 2.05) is 78.9 Å². The van der Waals surface area contributed by atoms with Gasteiger partial charge in [-0.1, -0.05) is 36.4 Å². The van der Waals surface area contributed by atoms with Crippen LogP contribution in [0.5, 0.6) is 0 Å². The van der Waals surface area contributed by atoms with Crippen molar-refractivity contribution in [3.8, 4) is 0 Å². The van der Waals surface area contributed by atoms with Crippen LogP contribution in [0.4, 0.5) is 11.4 Å². The van der Waals surface area contributed by atoms with Crippen LogP contribution in [0.3, 0.4) is 0 Å². The summed E-state index contributed by atoms with van der Waals surface area (Å²) in [7, 11) is 0. The second-order valence-corrected chi connectivity index (χ2v) is 6.61. The van der Waals surface area contributed by atoms with Crippen molar-refractivity contribution in [2.24, 2.45) is 4.99 Å². The van der Waals surface area contributed by atoms with Gasteiger partial charge in [-0.3, -0.25) is 14.7 Å². The number of carbonyl (C=O) groups excluding carboxylic acids is 1. The molecular weight excluding hydrogens is 342 g/mol. The summed E-state index contributed by atoms with van der Waals surface area (Å²) >= 11 is 1.38. The van der Waals surface area contributed by atoms with Crippen LogP contribution in [0, 0.1) is 0 Å². The van der Waals surface area contributed by atoms with Crippen LogP contribution in [0.1, 0.15) is 5.56 Å². The van der Waals surface area contributed by atoms with E-state index in [1.54, 1.807) is 17.3 Å². The number of amides is 1. The number of carbonyl (C=O) groups is 1. The lowest BCUT2D eigenvalue weighted by Gasteiger charge is -2.15. The van der Waals surface area contributed by atoms with Gasteiger partial charge in [0.2, 0.25) is 0 Å². The Morgan fingerprint density at radius 1 is 0.885 bits per heavy atom. The highest BCUT2D eigenvalue weighted by molar-refractivity contribution is 8.19. The molecule has 3 aromatic rings. The van der Waals surface area contributed by atoms with Crippen LogP contribution in [0.25, 0.3) is 6.08 Å². The second-order valence-electron chi connectivity index (χ2n) is 5.60. The Morgan fingerprint density at radius 3 is 2.23 bits per heavy atom. The summed E-state index contributed by atoms with van der Waals surface area (Å²) in [6.45, 7) is 0. The summed E-state index contributed by atoms with van der Waals surface area (Å²) in [5, 5.41) is 0.646. The Hall–Kier alpha value is -3.18. The molecule has 26 heavy (non-hydrogen) atoms. The third kappa shape index (κ3) is 3.43. The van der Waals surface area contributed by atoms with Gasteiger partial charge in [-0.25, -0.2) is 4.99 Å². The average molecular weight is 357 g/mol. The molecule has 0 atom stereocenters. The van der Waals surface area contributed by atoms with E-state index < -0.39 is 0 Å². The van der Waals surface area contributed by atoms with Gasteiger partial charge in [0, 0.05) is 12.4 Å². The lowest BCUT2D eigenvalue weighted by molar-refractivity contribution is -0.113. The van der Waals surface area contributed by atoms with Crippen LogP contribution in [-0.2, 0) is 4.79 Å². The van der Waals surface area contributed by atoms with Gasteiger partial charge >= 0.3 is 0 Å². The number of nitrogens with zero attached hydrogens (tertiary/aromatic N) is 3. The summed E-state index contributed by atoms with van der Waals surface area (Å²) in [5.74, 6) is -0.0762. The highest BCUT2D eigenvalue weighted by Gasteiger charge is 2.34. The quantitative estimate of drug-likeness (QED) is 0.627. The molecule has 2 aromatic carbocycles. The van der Waals surface area contributed by atoms with E-state index in [9.17, 15) is 4.79 Å². The van der Waals surface area contributed by atoms with Gasteiger partial charge in [0.1, 0.15) is 0 Å². The molecule has 1 amide bonds. The molecule has 0 spiro atoms. The molecule has 1 fully saturated rings. The molecule has 1 aromatic heterocycles. The molecule has 0 unspecified atom stereocenters. The van der Waals surface area contributed by atoms with Crippen molar-refractivity contribution in [2.45, 2.75) is 0 Å². The zero-order valence-electron chi connectivity index (χ0n) is 13.8. The molecule has 0 radical (unpaired) electrons. The number of benzene rings is 2. The third-order valence-corrected chi connectivity index (χ3v) is 4.77. The van der Waals surface area contributed by atoms with Crippen molar-refractivity contribution in [3.63, 3.8) is 0 Å². The van der Waals surface area contributed by atoms with Gasteiger partial charge in [0.15, 0.2) is 5.17 Å². The Morgan fingerprint density at radius 2 is 1.54 bits per heavy atom. The molecule has 4 nitrogen and oxygen atoms in total. The topological polar surface area (TPSA) is 45.6 Å². The lowest BCUT2D eigenvalue weighted by atomic mass is 10.2. The minimum absolute atomic E-state index is 0.0762. The molecule has 1 aliphatic heterocycles. The number of hydrogen-bond acceptors (Lipinski definition) is 4. The van der Waals surface area contributed by atoms with E-state index >= 15 is 0 Å². The molecule has 4 rings (SSSR count). The van der Waals surface area contributed by atoms with E-state index in [1.165, 1.54) is 11.8 Å². The number of aliphatic imine (C=N–C) groups is 1. The van der Waals surface area contributed by atoms with Crippen molar-refractivity contribution in [1.82, 2.24) is 4.98 Å². The first-order valence-corrected chi connectivity index (χ1v) is 8.96. The zero-order chi connectivity index (χ0) is 17.8. The van der Waals surface area contributed by atoms with Gasteiger partial charge in [0.05, 0.1) is 16.3 Å². The minimum atomic E-state index is -0.0762. The third-order valence-electron chi connectivity index (χ3n) is 3.81. The summed E-state index contributed by atoms with van der Waals surface area (Å²) in [4.78, 5) is 24.0. The largest absolute Gasteiger partial charge is 0.271 e. The fraction of sp³-hybridized carbons (Fsp3) is 0. The van der Waals surface area contributed by atoms with Crippen LogP contribution < -0.4 is 4.90 Å². The van der Waals surface area contributed by atoms with Crippen molar-refractivity contribution < 1.29 is 4.79 Å². The predicted molar refractivity (Wildman–Crippen MR) is 107 cm³/mol. The standard InChI is InChI=1S/C21H15N3OS/c25-20-19(15-16-11-13-22-14-12-16)26-21(23-17-7-3-1-4-8-17)24(20)18-9-5-2-6-10-18/h1-15H/b19-15-,23-21?. The molecule has 0 saturated carbocycles. The Kier molecular flexibility index (Phi) is 4.62. The molecule has 0 aliphatic carbocycles. The smallest absolute Gasteiger partial charge is 0.268 e. The fourth-order valence-corrected chi connectivity index (χ4v) is 3.58. The van der Waals surface area contributed by atoms with E-state index in [2.05, 4.69) is 9.98 Å². The van der Waals surface area contributed by atoms with E-state index in [0.717, 1.165) is 16.9 Å². The SMILES string of the molecule is O=C1/C(=C/c2ccncc2)SC(=Nc2ccccc2)N1c1ccccc1.